The molecule has 0 aliphatic rings. The minimum Gasteiger partial charge on any atom is -0.480 e. The van der Waals surface area contributed by atoms with Crippen molar-refractivity contribution >= 4 is 23.7 Å². The molecule has 0 aromatic heterocycles. The lowest BCUT2D eigenvalue weighted by molar-refractivity contribution is -0.142. The van der Waals surface area contributed by atoms with Gasteiger partial charge in [0.2, 0.25) is 17.7 Å². The highest BCUT2D eigenvalue weighted by Crippen LogP contribution is 2.08. The molecule has 1 aromatic carbocycles. The number of hydrogen-bond acceptors (Lipinski definition) is 8. The van der Waals surface area contributed by atoms with Crippen LogP contribution < -0.4 is 33.2 Å². The second-order valence-electron chi connectivity index (χ2n) is 8.57. The van der Waals surface area contributed by atoms with E-state index < -0.39 is 54.5 Å². The molecule has 202 valence electrons. The summed E-state index contributed by atoms with van der Waals surface area (Å²) < 4.78 is 0. The monoisotopic (exact) mass is 508 g/mol. The third-order valence-electron chi connectivity index (χ3n) is 5.59. The van der Waals surface area contributed by atoms with Gasteiger partial charge in [0.25, 0.3) is 0 Å². The molecular formula is C24H40N6O6. The standard InChI is InChI=1S/C24H40N6O6/c25-12-6-4-10-18(28-21(32)17(27)15-31)22(33)30-20(14-16-8-2-1-3-9-16)23(34)29-19(24(35)36)11-5-7-13-26/h1-3,8-9,17-20,31H,4-7,10-15,25-27H2,(H,28,32)(H,29,34)(H,30,33)(H,35,36). The molecule has 0 heterocycles. The van der Waals surface area contributed by atoms with Crippen LogP contribution >= 0.6 is 0 Å². The summed E-state index contributed by atoms with van der Waals surface area (Å²) in [5, 5.41) is 26.4. The molecule has 0 aliphatic carbocycles. The predicted molar refractivity (Wildman–Crippen MR) is 134 cm³/mol. The van der Waals surface area contributed by atoms with E-state index in [1.165, 1.54) is 0 Å². The Morgan fingerprint density at radius 3 is 1.78 bits per heavy atom. The van der Waals surface area contributed by atoms with Crippen molar-refractivity contribution in [3.05, 3.63) is 35.9 Å². The maximum atomic E-state index is 13.1. The van der Waals surface area contributed by atoms with E-state index in [1.807, 2.05) is 6.07 Å². The van der Waals surface area contributed by atoms with Crippen molar-refractivity contribution in [2.24, 2.45) is 17.2 Å². The van der Waals surface area contributed by atoms with Gasteiger partial charge in [-0.2, -0.15) is 0 Å². The summed E-state index contributed by atoms with van der Waals surface area (Å²) >= 11 is 0. The molecule has 0 radical (unpaired) electrons. The van der Waals surface area contributed by atoms with Gasteiger partial charge in [-0.05, 0) is 57.2 Å². The van der Waals surface area contributed by atoms with Gasteiger partial charge in [-0.15, -0.1) is 0 Å². The summed E-state index contributed by atoms with van der Waals surface area (Å²) in [5.41, 5.74) is 17.3. The Hall–Kier alpha value is -3.06. The Morgan fingerprint density at radius 2 is 1.25 bits per heavy atom. The highest BCUT2D eigenvalue weighted by atomic mass is 16.4. The molecule has 36 heavy (non-hydrogen) atoms. The first kappa shape index (κ1) is 31.0. The van der Waals surface area contributed by atoms with Crippen LogP contribution in [0.25, 0.3) is 0 Å². The maximum absolute atomic E-state index is 13.1. The number of aliphatic hydroxyl groups excluding tert-OH is 1. The summed E-state index contributed by atoms with van der Waals surface area (Å²) in [6.07, 6.45) is 2.81. The fraction of sp³-hybridized carbons (Fsp3) is 0.583. The van der Waals surface area contributed by atoms with Gasteiger partial charge in [0.15, 0.2) is 0 Å². The number of carboxylic acid groups (broad SMARTS) is 1. The highest BCUT2D eigenvalue weighted by Gasteiger charge is 2.30. The molecule has 0 aliphatic heterocycles. The van der Waals surface area contributed by atoms with Crippen LogP contribution in [0.3, 0.4) is 0 Å². The van der Waals surface area contributed by atoms with Crippen LogP contribution in [0.15, 0.2) is 30.3 Å². The summed E-state index contributed by atoms with van der Waals surface area (Å²) in [7, 11) is 0. The van der Waals surface area contributed by atoms with Gasteiger partial charge < -0.3 is 43.4 Å². The van der Waals surface area contributed by atoms with Gasteiger partial charge in [-0.3, -0.25) is 14.4 Å². The van der Waals surface area contributed by atoms with Crippen LogP contribution in [-0.4, -0.2) is 77.8 Å². The van der Waals surface area contributed by atoms with Crippen LogP contribution in [-0.2, 0) is 25.6 Å². The zero-order valence-corrected chi connectivity index (χ0v) is 20.5. The van der Waals surface area contributed by atoms with Gasteiger partial charge in [0.1, 0.15) is 24.2 Å². The van der Waals surface area contributed by atoms with E-state index in [0.717, 1.165) is 5.56 Å². The second-order valence-corrected chi connectivity index (χ2v) is 8.57. The summed E-state index contributed by atoms with van der Waals surface area (Å²) in [6.45, 7) is 0.213. The number of aliphatic hydroxyl groups is 1. The number of amides is 3. The van der Waals surface area contributed by atoms with E-state index in [9.17, 15) is 24.3 Å². The molecule has 0 bridgehead atoms. The Balaban J connectivity index is 3.06. The molecule has 1 aromatic rings. The lowest BCUT2D eigenvalue weighted by Gasteiger charge is -2.25. The molecule has 3 amide bonds. The van der Waals surface area contributed by atoms with Crippen molar-refractivity contribution in [3.63, 3.8) is 0 Å². The van der Waals surface area contributed by atoms with Gasteiger partial charge in [0, 0.05) is 6.42 Å². The molecular weight excluding hydrogens is 468 g/mol. The Bertz CT molecular complexity index is 825. The lowest BCUT2D eigenvalue weighted by Crippen LogP contribution is -2.58. The number of hydrogen-bond donors (Lipinski definition) is 8. The number of carbonyl (C=O) groups is 4. The molecule has 4 atom stereocenters. The van der Waals surface area contributed by atoms with Crippen LogP contribution in [0.1, 0.15) is 44.1 Å². The average Bonchev–Trinajstić information content (AvgIpc) is 2.87. The quantitative estimate of drug-likeness (QED) is 0.106. The lowest BCUT2D eigenvalue weighted by atomic mass is 10.0. The smallest absolute Gasteiger partial charge is 0.326 e. The van der Waals surface area contributed by atoms with Crippen molar-refractivity contribution < 1.29 is 29.4 Å². The zero-order valence-electron chi connectivity index (χ0n) is 20.5. The maximum Gasteiger partial charge on any atom is 0.326 e. The molecule has 11 N–H and O–H groups in total. The van der Waals surface area contributed by atoms with Gasteiger partial charge in [0.05, 0.1) is 6.61 Å². The first-order valence-corrected chi connectivity index (χ1v) is 12.2. The van der Waals surface area contributed by atoms with Gasteiger partial charge in [-0.1, -0.05) is 30.3 Å². The van der Waals surface area contributed by atoms with Crippen molar-refractivity contribution in [1.29, 1.82) is 0 Å². The highest BCUT2D eigenvalue weighted by molar-refractivity contribution is 5.94. The number of carbonyl (C=O) groups excluding carboxylic acids is 3. The number of benzene rings is 1. The van der Waals surface area contributed by atoms with Gasteiger partial charge in [-0.25, -0.2) is 4.79 Å². The van der Waals surface area contributed by atoms with Crippen LogP contribution in [0.5, 0.6) is 0 Å². The summed E-state index contributed by atoms with van der Waals surface area (Å²) in [5.74, 6) is -3.18. The third-order valence-corrected chi connectivity index (χ3v) is 5.59. The van der Waals surface area contributed by atoms with Crippen molar-refractivity contribution in [3.8, 4) is 0 Å². The average molecular weight is 509 g/mol. The van der Waals surface area contributed by atoms with E-state index in [2.05, 4.69) is 16.0 Å². The second kappa shape index (κ2) is 17.4. The summed E-state index contributed by atoms with van der Waals surface area (Å²) in [6, 6.07) is 4.47. The molecule has 0 saturated carbocycles. The van der Waals surface area contributed by atoms with Crippen molar-refractivity contribution in [2.75, 3.05) is 19.7 Å². The number of rotatable bonds is 18. The molecule has 0 fully saturated rings. The number of nitrogens with two attached hydrogens (primary N) is 3. The van der Waals surface area contributed by atoms with E-state index >= 15 is 0 Å². The van der Waals surface area contributed by atoms with E-state index in [1.54, 1.807) is 24.3 Å². The van der Waals surface area contributed by atoms with E-state index in [-0.39, 0.29) is 19.3 Å². The molecule has 0 saturated heterocycles. The Kier molecular flexibility index (Phi) is 15.0. The first-order chi connectivity index (χ1) is 17.2. The van der Waals surface area contributed by atoms with Crippen LogP contribution in [0.2, 0.25) is 0 Å². The fourth-order valence-electron chi connectivity index (χ4n) is 3.48. The largest absolute Gasteiger partial charge is 0.480 e. The predicted octanol–water partition coefficient (Wildman–Crippen LogP) is -1.65. The number of carboxylic acids is 1. The fourth-order valence-corrected chi connectivity index (χ4v) is 3.48. The topological polar surface area (TPSA) is 223 Å². The van der Waals surface area contributed by atoms with Crippen molar-refractivity contribution in [2.45, 2.75) is 69.1 Å². The minimum atomic E-state index is -1.21. The number of aliphatic carboxylic acids is 1. The zero-order chi connectivity index (χ0) is 26.9. The van der Waals surface area contributed by atoms with E-state index in [4.69, 9.17) is 22.3 Å². The first-order valence-electron chi connectivity index (χ1n) is 12.2. The Labute approximate surface area is 211 Å². The van der Waals surface area contributed by atoms with Crippen molar-refractivity contribution in [1.82, 2.24) is 16.0 Å². The molecule has 12 heteroatoms. The normalized spacial score (nSPS) is 14.2. The minimum absolute atomic E-state index is 0.104. The SMILES string of the molecule is NCCCCC(NC(=O)C(Cc1ccccc1)NC(=O)C(CCCCN)NC(=O)C(N)CO)C(=O)O. The molecule has 1 rings (SSSR count). The third kappa shape index (κ3) is 11.6. The molecule has 4 unspecified atom stereocenters. The van der Waals surface area contributed by atoms with E-state index in [0.29, 0.717) is 38.8 Å². The molecule has 12 nitrogen and oxygen atoms in total. The van der Waals surface area contributed by atoms with Crippen LogP contribution in [0.4, 0.5) is 0 Å². The molecule has 0 spiro atoms. The summed E-state index contributed by atoms with van der Waals surface area (Å²) in [4.78, 5) is 50.2. The Morgan fingerprint density at radius 1 is 0.750 bits per heavy atom. The van der Waals surface area contributed by atoms with Crippen LogP contribution in [0, 0.1) is 0 Å². The van der Waals surface area contributed by atoms with Gasteiger partial charge >= 0.3 is 5.97 Å². The number of unbranched alkanes of at least 4 members (excludes halogenated alkanes) is 2. The number of nitrogens with one attached hydrogen (secondary N) is 3.